The van der Waals surface area contributed by atoms with E-state index in [-0.39, 0.29) is 12.3 Å². The largest absolute Gasteiger partial charge is 0.395 e. The van der Waals surface area contributed by atoms with Crippen molar-refractivity contribution in [3.63, 3.8) is 0 Å². The van der Waals surface area contributed by atoms with Crippen molar-refractivity contribution in [3.8, 4) is 11.8 Å². The first-order valence-electron chi connectivity index (χ1n) is 5.62. The first kappa shape index (κ1) is 13.9. The Hall–Kier alpha value is -1.49. The molecule has 5 nitrogen and oxygen atoms in total. The Morgan fingerprint density at radius 1 is 1.63 bits per heavy atom. The molecule has 0 unspecified atom stereocenters. The number of nitrogens with zero attached hydrogens (tertiary/aromatic N) is 2. The van der Waals surface area contributed by atoms with Crippen LogP contribution in [0.5, 0.6) is 0 Å². The van der Waals surface area contributed by atoms with E-state index in [4.69, 9.17) is 5.11 Å². The van der Waals surface area contributed by atoms with Crippen LogP contribution in [-0.2, 0) is 12.8 Å². The van der Waals surface area contributed by atoms with E-state index in [1.807, 2.05) is 11.4 Å². The molecule has 100 valence electrons. The molecule has 0 aliphatic rings. The fourth-order valence-electron chi connectivity index (χ4n) is 1.37. The number of H-pyrrole nitrogens is 1. The molecular formula is C12H13N3O2S2. The zero-order valence-corrected chi connectivity index (χ0v) is 12.0. The van der Waals surface area contributed by atoms with E-state index in [0.29, 0.717) is 11.6 Å². The summed E-state index contributed by atoms with van der Waals surface area (Å²) in [6, 6.07) is 1.97. The molecule has 0 amide bonds. The van der Waals surface area contributed by atoms with E-state index in [9.17, 15) is 4.79 Å². The lowest BCUT2D eigenvalue weighted by Crippen LogP contribution is -2.12. The summed E-state index contributed by atoms with van der Waals surface area (Å²) in [7, 11) is 1.69. The summed E-state index contributed by atoms with van der Waals surface area (Å²) >= 11 is 3.12. The minimum atomic E-state index is -0.211. The van der Waals surface area contributed by atoms with Gasteiger partial charge in [-0.15, -0.1) is 16.4 Å². The predicted molar refractivity (Wildman–Crippen MR) is 76.3 cm³/mol. The second-order valence-corrected chi connectivity index (χ2v) is 5.64. The Bertz CT molecular complexity index is 660. The lowest BCUT2D eigenvalue weighted by atomic mass is 10.2. The van der Waals surface area contributed by atoms with Crippen molar-refractivity contribution in [2.45, 2.75) is 17.3 Å². The highest BCUT2D eigenvalue weighted by Gasteiger charge is 2.08. The molecule has 0 fully saturated rings. The number of nitrogens with one attached hydrogen (secondary N) is 1. The molecule has 0 atom stereocenters. The van der Waals surface area contributed by atoms with Gasteiger partial charge in [-0.25, -0.2) is 9.89 Å². The highest BCUT2D eigenvalue weighted by Crippen LogP contribution is 2.25. The van der Waals surface area contributed by atoms with Gasteiger partial charge in [0.2, 0.25) is 0 Å². The predicted octanol–water partition coefficient (Wildman–Crippen LogP) is 1.20. The molecule has 2 aromatic heterocycles. The molecule has 2 rings (SSSR count). The summed E-state index contributed by atoms with van der Waals surface area (Å²) in [6.07, 6.45) is 0.482. The Morgan fingerprint density at radius 2 is 2.47 bits per heavy atom. The lowest BCUT2D eigenvalue weighted by molar-refractivity contribution is 0.305. The molecule has 2 N–H and O–H groups in total. The Balaban J connectivity index is 2.05. The number of thioether (sulfide) groups is 1. The van der Waals surface area contributed by atoms with E-state index in [1.54, 1.807) is 18.4 Å². The molecule has 0 saturated carbocycles. The Morgan fingerprint density at radius 3 is 3.16 bits per heavy atom. The second kappa shape index (κ2) is 6.61. The molecule has 2 aromatic rings. The number of aliphatic hydroxyl groups is 1. The number of hydrogen-bond acceptors (Lipinski definition) is 5. The summed E-state index contributed by atoms with van der Waals surface area (Å²) in [5, 5.41) is 17.7. The van der Waals surface area contributed by atoms with Gasteiger partial charge in [0, 0.05) is 29.7 Å². The van der Waals surface area contributed by atoms with Crippen LogP contribution in [0.25, 0.3) is 0 Å². The lowest BCUT2D eigenvalue weighted by Gasteiger charge is -1.98. The van der Waals surface area contributed by atoms with Crippen LogP contribution in [0.1, 0.15) is 16.9 Å². The van der Waals surface area contributed by atoms with E-state index in [0.717, 1.165) is 16.2 Å². The first-order chi connectivity index (χ1) is 9.22. The minimum absolute atomic E-state index is 0.0800. The third kappa shape index (κ3) is 3.50. The zero-order chi connectivity index (χ0) is 13.7. The number of aromatic amines is 1. The molecule has 0 aliphatic heterocycles. The zero-order valence-electron chi connectivity index (χ0n) is 10.3. The number of thiophene rings is 1. The van der Waals surface area contributed by atoms with E-state index in [2.05, 4.69) is 22.0 Å². The van der Waals surface area contributed by atoms with Crippen LogP contribution in [0, 0.1) is 11.8 Å². The average Bonchev–Trinajstić information content (AvgIpc) is 2.97. The second-order valence-electron chi connectivity index (χ2n) is 3.69. The molecular weight excluding hydrogens is 282 g/mol. The van der Waals surface area contributed by atoms with Gasteiger partial charge < -0.3 is 5.11 Å². The third-order valence-corrected chi connectivity index (χ3v) is 4.54. The standard InChI is InChI=1S/C12H13N3O2S2/c1-15-11(17)13-14-12(15)19-8-10-9(5-7-18-10)4-2-3-6-16/h5,7,16H,3,6,8H2,1H3,(H,13,17). The number of aliphatic hydroxyl groups excluding tert-OH is 1. The monoisotopic (exact) mass is 295 g/mol. The van der Waals surface area contributed by atoms with Gasteiger partial charge in [-0.1, -0.05) is 23.6 Å². The SMILES string of the molecule is Cn1c(SCc2sccc2C#CCCO)n[nH]c1=O. The molecule has 2 heterocycles. The van der Waals surface area contributed by atoms with Gasteiger partial charge in [0.15, 0.2) is 5.16 Å². The maximum atomic E-state index is 11.2. The van der Waals surface area contributed by atoms with Gasteiger partial charge in [0.1, 0.15) is 0 Å². The van der Waals surface area contributed by atoms with E-state index in [1.165, 1.54) is 16.3 Å². The van der Waals surface area contributed by atoms with Gasteiger partial charge in [0.05, 0.1) is 6.61 Å². The topological polar surface area (TPSA) is 70.9 Å². The highest BCUT2D eigenvalue weighted by atomic mass is 32.2. The summed E-state index contributed by atoms with van der Waals surface area (Å²) in [4.78, 5) is 12.4. The van der Waals surface area contributed by atoms with Crippen molar-refractivity contribution in [3.05, 3.63) is 32.4 Å². The molecule has 0 saturated heterocycles. The average molecular weight is 295 g/mol. The fraction of sp³-hybridized carbons (Fsp3) is 0.333. The maximum absolute atomic E-state index is 11.2. The van der Waals surface area contributed by atoms with Crippen LogP contribution < -0.4 is 5.69 Å². The summed E-state index contributed by atoms with van der Waals surface area (Å²) in [5.74, 6) is 6.67. The van der Waals surface area contributed by atoms with Gasteiger partial charge in [-0.3, -0.25) is 4.57 Å². The highest BCUT2D eigenvalue weighted by molar-refractivity contribution is 7.98. The molecule has 0 spiro atoms. The number of rotatable bonds is 4. The molecule has 0 bridgehead atoms. The van der Waals surface area contributed by atoms with E-state index >= 15 is 0 Å². The van der Waals surface area contributed by atoms with Gasteiger partial charge >= 0.3 is 5.69 Å². The van der Waals surface area contributed by atoms with Crippen LogP contribution in [0.15, 0.2) is 21.4 Å². The van der Waals surface area contributed by atoms with Crippen LogP contribution >= 0.6 is 23.1 Å². The van der Waals surface area contributed by atoms with E-state index < -0.39 is 0 Å². The smallest absolute Gasteiger partial charge is 0.343 e. The minimum Gasteiger partial charge on any atom is -0.395 e. The van der Waals surface area contributed by atoms with Gasteiger partial charge in [-0.2, -0.15) is 0 Å². The van der Waals surface area contributed by atoms with Crippen LogP contribution in [-0.4, -0.2) is 26.5 Å². The first-order valence-corrected chi connectivity index (χ1v) is 7.49. The van der Waals surface area contributed by atoms with Crippen molar-refractivity contribution in [2.24, 2.45) is 7.05 Å². The molecule has 7 heteroatoms. The summed E-state index contributed by atoms with van der Waals surface area (Å²) < 4.78 is 1.48. The number of aromatic nitrogens is 3. The normalized spacial score (nSPS) is 10.2. The molecule has 19 heavy (non-hydrogen) atoms. The molecule has 0 aliphatic carbocycles. The van der Waals surface area contributed by atoms with Crippen LogP contribution in [0.4, 0.5) is 0 Å². The van der Waals surface area contributed by atoms with Crippen molar-refractivity contribution in [2.75, 3.05) is 6.61 Å². The molecule has 0 aromatic carbocycles. The molecule has 0 radical (unpaired) electrons. The van der Waals surface area contributed by atoms with Crippen molar-refractivity contribution < 1.29 is 5.11 Å². The van der Waals surface area contributed by atoms with Gasteiger partial charge in [-0.05, 0) is 11.4 Å². The Kier molecular flexibility index (Phi) is 4.85. The third-order valence-electron chi connectivity index (χ3n) is 2.38. The fourth-order valence-corrected chi connectivity index (χ4v) is 3.23. The summed E-state index contributed by atoms with van der Waals surface area (Å²) in [5.41, 5.74) is 0.767. The quantitative estimate of drug-likeness (QED) is 0.657. The van der Waals surface area contributed by atoms with Crippen molar-refractivity contribution in [1.82, 2.24) is 14.8 Å². The van der Waals surface area contributed by atoms with Crippen LogP contribution in [0.3, 0.4) is 0 Å². The van der Waals surface area contributed by atoms with Gasteiger partial charge in [0.25, 0.3) is 0 Å². The maximum Gasteiger partial charge on any atom is 0.343 e. The summed E-state index contributed by atoms with van der Waals surface area (Å²) in [6.45, 7) is 0.0800. The van der Waals surface area contributed by atoms with Crippen LogP contribution in [0.2, 0.25) is 0 Å². The number of hydrogen-bond donors (Lipinski definition) is 2. The van der Waals surface area contributed by atoms with Crippen molar-refractivity contribution >= 4 is 23.1 Å². The Labute approximate surface area is 118 Å². The van der Waals surface area contributed by atoms with Crippen molar-refractivity contribution in [1.29, 1.82) is 0 Å².